The van der Waals surface area contributed by atoms with Crippen LogP contribution in [0.4, 0.5) is 0 Å². The van der Waals surface area contributed by atoms with E-state index >= 15 is 0 Å². The second kappa shape index (κ2) is 7.45. The zero-order valence-corrected chi connectivity index (χ0v) is 12.0. The van der Waals surface area contributed by atoms with Crippen molar-refractivity contribution >= 4 is 11.8 Å². The van der Waals surface area contributed by atoms with Gasteiger partial charge in [0.25, 0.3) is 0 Å². The van der Waals surface area contributed by atoms with Gasteiger partial charge in [0.1, 0.15) is 0 Å². The maximum atomic E-state index is 11.9. The summed E-state index contributed by atoms with van der Waals surface area (Å²) in [5, 5.41) is 2.60. The lowest BCUT2D eigenvalue weighted by Crippen LogP contribution is -2.49. The fourth-order valence-electron chi connectivity index (χ4n) is 2.04. The lowest BCUT2D eigenvalue weighted by atomic mass is 10.1. The monoisotopic (exact) mass is 271 g/mol. The first kappa shape index (κ1) is 15.9. The van der Waals surface area contributed by atoms with Gasteiger partial charge in [-0.1, -0.05) is 13.8 Å². The quantitative estimate of drug-likeness (QED) is 0.720. The van der Waals surface area contributed by atoms with Gasteiger partial charge in [-0.3, -0.25) is 9.59 Å². The standard InChI is InChI=1S/C13H25N3O3/c1-9(2)12(14)13(18)15-8-11(17)16-6-4-10(19-3)5-7-16/h9-10,12H,4-8,14H2,1-3H3,(H,15,18)/t12-/m0/s1. The van der Waals surface area contributed by atoms with Gasteiger partial charge in [-0.2, -0.15) is 0 Å². The highest BCUT2D eigenvalue weighted by molar-refractivity contribution is 5.87. The van der Waals surface area contributed by atoms with Gasteiger partial charge in [-0.25, -0.2) is 0 Å². The summed E-state index contributed by atoms with van der Waals surface area (Å²) in [6.07, 6.45) is 1.94. The second-order valence-corrected chi connectivity index (χ2v) is 5.30. The molecule has 1 aliphatic rings. The van der Waals surface area contributed by atoms with E-state index in [0.717, 1.165) is 12.8 Å². The number of nitrogens with zero attached hydrogens (tertiary/aromatic N) is 1. The molecule has 1 rings (SSSR count). The van der Waals surface area contributed by atoms with Crippen molar-refractivity contribution in [2.24, 2.45) is 11.7 Å². The van der Waals surface area contributed by atoms with Crippen LogP contribution in [0.25, 0.3) is 0 Å². The average Bonchev–Trinajstić information content (AvgIpc) is 2.43. The molecular weight excluding hydrogens is 246 g/mol. The maximum Gasteiger partial charge on any atom is 0.241 e. The number of ether oxygens (including phenoxy) is 1. The van der Waals surface area contributed by atoms with Crippen LogP contribution < -0.4 is 11.1 Å². The highest BCUT2D eigenvalue weighted by atomic mass is 16.5. The summed E-state index contributed by atoms with van der Waals surface area (Å²) < 4.78 is 5.25. The third kappa shape index (κ3) is 4.80. The maximum absolute atomic E-state index is 11.9. The summed E-state index contributed by atoms with van der Waals surface area (Å²) in [5.74, 6) is -0.262. The molecule has 6 nitrogen and oxygen atoms in total. The Bertz CT molecular complexity index is 312. The van der Waals surface area contributed by atoms with E-state index in [1.807, 2.05) is 13.8 Å². The van der Waals surface area contributed by atoms with Crippen molar-refractivity contribution < 1.29 is 14.3 Å². The van der Waals surface area contributed by atoms with Crippen molar-refractivity contribution in [3.8, 4) is 0 Å². The van der Waals surface area contributed by atoms with Gasteiger partial charge >= 0.3 is 0 Å². The van der Waals surface area contributed by atoms with Gasteiger partial charge in [0.05, 0.1) is 18.7 Å². The van der Waals surface area contributed by atoms with Gasteiger partial charge in [0.2, 0.25) is 11.8 Å². The van der Waals surface area contributed by atoms with E-state index in [9.17, 15) is 9.59 Å². The topological polar surface area (TPSA) is 84.7 Å². The second-order valence-electron chi connectivity index (χ2n) is 5.30. The third-order valence-corrected chi connectivity index (χ3v) is 3.56. The molecule has 0 unspecified atom stereocenters. The SMILES string of the molecule is COC1CCN(C(=O)CNC(=O)[C@@H](N)C(C)C)CC1. The van der Waals surface area contributed by atoms with E-state index in [-0.39, 0.29) is 30.4 Å². The Kier molecular flexibility index (Phi) is 6.24. The Morgan fingerprint density at radius 3 is 2.42 bits per heavy atom. The zero-order chi connectivity index (χ0) is 14.4. The molecule has 0 spiro atoms. The van der Waals surface area contributed by atoms with E-state index in [2.05, 4.69) is 5.32 Å². The predicted molar refractivity (Wildman–Crippen MR) is 72.4 cm³/mol. The van der Waals surface area contributed by atoms with Gasteiger partial charge < -0.3 is 20.7 Å². The van der Waals surface area contributed by atoms with Crippen molar-refractivity contribution in [2.45, 2.75) is 38.8 Å². The first-order chi connectivity index (χ1) is 8.95. The molecule has 1 heterocycles. The van der Waals surface area contributed by atoms with Crippen LogP contribution >= 0.6 is 0 Å². The summed E-state index contributed by atoms with van der Waals surface area (Å²) in [4.78, 5) is 25.3. The fourth-order valence-corrected chi connectivity index (χ4v) is 2.04. The minimum absolute atomic E-state index is 0.0247. The first-order valence-electron chi connectivity index (χ1n) is 6.79. The number of nitrogens with two attached hydrogens (primary N) is 1. The molecule has 110 valence electrons. The van der Waals surface area contributed by atoms with E-state index in [0.29, 0.717) is 13.1 Å². The third-order valence-electron chi connectivity index (χ3n) is 3.56. The molecule has 0 aromatic rings. The lowest BCUT2D eigenvalue weighted by Gasteiger charge is -2.31. The largest absolute Gasteiger partial charge is 0.381 e. The number of nitrogens with one attached hydrogen (secondary N) is 1. The summed E-state index contributed by atoms with van der Waals surface area (Å²) in [5.41, 5.74) is 5.71. The van der Waals surface area contributed by atoms with Crippen LogP contribution in [0.3, 0.4) is 0 Å². The van der Waals surface area contributed by atoms with E-state index in [1.165, 1.54) is 0 Å². The number of piperidine rings is 1. The van der Waals surface area contributed by atoms with Crippen LogP contribution in [-0.4, -0.2) is 55.6 Å². The number of hydrogen-bond acceptors (Lipinski definition) is 4. The summed E-state index contributed by atoms with van der Waals surface area (Å²) in [6.45, 7) is 5.15. The number of amides is 2. The van der Waals surface area contributed by atoms with Crippen LogP contribution in [-0.2, 0) is 14.3 Å². The zero-order valence-electron chi connectivity index (χ0n) is 12.0. The molecule has 0 aromatic heterocycles. The molecule has 1 fully saturated rings. The smallest absolute Gasteiger partial charge is 0.241 e. The van der Waals surface area contributed by atoms with Crippen molar-refractivity contribution in [1.29, 1.82) is 0 Å². The summed E-state index contributed by atoms with van der Waals surface area (Å²) in [7, 11) is 1.69. The fraction of sp³-hybridized carbons (Fsp3) is 0.846. The lowest BCUT2D eigenvalue weighted by molar-refractivity contribution is -0.135. The number of likely N-dealkylation sites (tertiary alicyclic amines) is 1. The minimum Gasteiger partial charge on any atom is -0.381 e. The van der Waals surface area contributed by atoms with Gasteiger partial charge in [-0.15, -0.1) is 0 Å². The van der Waals surface area contributed by atoms with Gasteiger partial charge in [-0.05, 0) is 18.8 Å². The van der Waals surface area contributed by atoms with E-state index in [4.69, 9.17) is 10.5 Å². The summed E-state index contributed by atoms with van der Waals surface area (Å²) in [6, 6.07) is -0.563. The van der Waals surface area contributed by atoms with Crippen LogP contribution in [0, 0.1) is 5.92 Å². The first-order valence-corrected chi connectivity index (χ1v) is 6.79. The van der Waals surface area contributed by atoms with Crippen LogP contribution in [0.15, 0.2) is 0 Å². The van der Waals surface area contributed by atoms with Crippen LogP contribution in [0.5, 0.6) is 0 Å². The Hall–Kier alpha value is -1.14. The number of carbonyl (C=O) groups excluding carboxylic acids is 2. The Morgan fingerprint density at radius 2 is 1.95 bits per heavy atom. The molecule has 0 bridgehead atoms. The van der Waals surface area contributed by atoms with Gasteiger partial charge in [0.15, 0.2) is 0 Å². The number of methoxy groups -OCH3 is 1. The molecule has 2 amide bonds. The Balaban J connectivity index is 2.30. The average molecular weight is 271 g/mol. The van der Waals surface area contributed by atoms with E-state index < -0.39 is 6.04 Å². The highest BCUT2D eigenvalue weighted by Gasteiger charge is 2.23. The van der Waals surface area contributed by atoms with Crippen molar-refractivity contribution in [3.63, 3.8) is 0 Å². The van der Waals surface area contributed by atoms with Crippen LogP contribution in [0.2, 0.25) is 0 Å². The molecule has 19 heavy (non-hydrogen) atoms. The highest BCUT2D eigenvalue weighted by Crippen LogP contribution is 2.12. The van der Waals surface area contributed by atoms with Crippen molar-refractivity contribution in [1.82, 2.24) is 10.2 Å². The predicted octanol–water partition coefficient (Wildman–Crippen LogP) is -0.277. The molecule has 6 heteroatoms. The Morgan fingerprint density at radius 1 is 1.37 bits per heavy atom. The molecule has 1 saturated heterocycles. The number of rotatable bonds is 5. The Labute approximate surface area is 114 Å². The number of carbonyl (C=O) groups is 2. The molecular formula is C13H25N3O3. The molecule has 3 N–H and O–H groups in total. The van der Waals surface area contributed by atoms with E-state index in [1.54, 1.807) is 12.0 Å². The minimum atomic E-state index is -0.563. The van der Waals surface area contributed by atoms with Crippen LogP contribution in [0.1, 0.15) is 26.7 Å². The molecule has 0 aromatic carbocycles. The van der Waals surface area contributed by atoms with Gasteiger partial charge in [0, 0.05) is 20.2 Å². The molecule has 0 aliphatic carbocycles. The number of hydrogen-bond donors (Lipinski definition) is 2. The molecule has 1 aliphatic heterocycles. The molecule has 0 radical (unpaired) electrons. The molecule has 1 atom stereocenters. The van der Waals surface area contributed by atoms with Crippen molar-refractivity contribution in [3.05, 3.63) is 0 Å². The normalized spacial score (nSPS) is 18.5. The summed E-state index contributed by atoms with van der Waals surface area (Å²) >= 11 is 0. The molecule has 0 saturated carbocycles. The van der Waals surface area contributed by atoms with Crippen molar-refractivity contribution in [2.75, 3.05) is 26.7 Å².